The van der Waals surface area contributed by atoms with Gasteiger partial charge in [0.1, 0.15) is 5.69 Å². The number of aromatic nitrogens is 2. The van der Waals surface area contributed by atoms with Crippen LogP contribution in [0.1, 0.15) is 15.4 Å². The molecule has 0 spiro atoms. The fourth-order valence-corrected chi connectivity index (χ4v) is 2.28. The van der Waals surface area contributed by atoms with Crippen molar-refractivity contribution in [2.45, 2.75) is 6.42 Å². The third kappa shape index (κ3) is 4.84. The molecule has 0 aliphatic heterocycles. The second kappa shape index (κ2) is 7.34. The molecule has 0 saturated carbocycles. The Morgan fingerprint density at radius 1 is 1.19 bits per heavy atom. The first-order valence-corrected chi connectivity index (χ1v) is 7.16. The van der Waals surface area contributed by atoms with Crippen molar-refractivity contribution in [3.63, 3.8) is 0 Å². The maximum Gasteiger partial charge on any atom is 0.271 e. The summed E-state index contributed by atoms with van der Waals surface area (Å²) < 4.78 is 0. The zero-order valence-electron chi connectivity index (χ0n) is 11.1. The van der Waals surface area contributed by atoms with Crippen LogP contribution in [0.5, 0.6) is 0 Å². The maximum atomic E-state index is 11.7. The van der Waals surface area contributed by atoms with Crippen LogP contribution in [-0.4, -0.2) is 35.1 Å². The van der Waals surface area contributed by atoms with Gasteiger partial charge in [-0.3, -0.25) is 14.4 Å². The molecule has 8 heteroatoms. The number of hydrogen-bond acceptors (Lipinski definition) is 5. The molecular weight excluding hydrogens is 292 g/mol. The summed E-state index contributed by atoms with van der Waals surface area (Å²) in [6.45, 7) is 0.620. The smallest absolute Gasteiger partial charge is 0.271 e. The van der Waals surface area contributed by atoms with Crippen LogP contribution in [0.3, 0.4) is 0 Å². The van der Waals surface area contributed by atoms with Gasteiger partial charge in [-0.15, -0.1) is 11.3 Å². The van der Waals surface area contributed by atoms with E-state index in [9.17, 15) is 14.4 Å². The molecule has 7 nitrogen and oxygen atoms in total. The third-order valence-corrected chi connectivity index (χ3v) is 3.44. The highest BCUT2D eigenvalue weighted by Gasteiger charge is 2.07. The Balaban J connectivity index is 1.67. The number of nitrogens with zero attached hydrogens (tertiary/aromatic N) is 1. The summed E-state index contributed by atoms with van der Waals surface area (Å²) in [7, 11) is 0. The largest absolute Gasteiger partial charge is 0.354 e. The van der Waals surface area contributed by atoms with Gasteiger partial charge in [0, 0.05) is 24.0 Å². The summed E-state index contributed by atoms with van der Waals surface area (Å²) in [4.78, 5) is 35.1. The first-order chi connectivity index (χ1) is 10.1. The van der Waals surface area contributed by atoms with Crippen molar-refractivity contribution in [1.82, 2.24) is 20.8 Å². The minimum Gasteiger partial charge on any atom is -0.354 e. The van der Waals surface area contributed by atoms with Crippen LogP contribution >= 0.6 is 11.3 Å². The Bertz CT molecular complexity index is 646. The zero-order chi connectivity index (χ0) is 15.1. The van der Waals surface area contributed by atoms with Gasteiger partial charge < -0.3 is 10.6 Å². The SMILES string of the molecule is O=C(Cc1cccs1)NCCNC(=O)c1ccc(=O)[nH]n1. The van der Waals surface area contributed by atoms with Crippen molar-refractivity contribution in [3.8, 4) is 0 Å². The minimum atomic E-state index is -0.404. The van der Waals surface area contributed by atoms with Crippen molar-refractivity contribution in [3.05, 3.63) is 50.6 Å². The third-order valence-electron chi connectivity index (χ3n) is 2.56. The van der Waals surface area contributed by atoms with Gasteiger partial charge in [0.15, 0.2) is 0 Å². The predicted octanol–water partition coefficient (Wildman–Crippen LogP) is -0.0799. The van der Waals surface area contributed by atoms with Crippen LogP contribution in [0.25, 0.3) is 0 Å². The zero-order valence-corrected chi connectivity index (χ0v) is 11.9. The van der Waals surface area contributed by atoms with E-state index in [1.54, 1.807) is 0 Å². The Morgan fingerprint density at radius 2 is 2.00 bits per heavy atom. The molecule has 0 saturated heterocycles. The molecule has 0 fully saturated rings. The molecule has 0 unspecified atom stereocenters. The molecule has 0 atom stereocenters. The van der Waals surface area contributed by atoms with Crippen LogP contribution in [0.2, 0.25) is 0 Å². The average Bonchev–Trinajstić information content (AvgIpc) is 2.97. The van der Waals surface area contributed by atoms with Crippen LogP contribution in [-0.2, 0) is 11.2 Å². The first kappa shape index (κ1) is 14.9. The summed E-state index contributed by atoms with van der Waals surface area (Å²) >= 11 is 1.53. The highest BCUT2D eigenvalue weighted by atomic mass is 32.1. The number of thiophene rings is 1. The number of nitrogens with one attached hydrogen (secondary N) is 3. The van der Waals surface area contributed by atoms with Crippen molar-refractivity contribution >= 4 is 23.2 Å². The molecule has 0 aliphatic rings. The molecule has 3 N–H and O–H groups in total. The molecule has 0 aliphatic carbocycles. The molecule has 2 amide bonds. The fraction of sp³-hybridized carbons (Fsp3) is 0.231. The number of carbonyl (C=O) groups excluding carboxylic acids is 2. The van der Waals surface area contributed by atoms with E-state index >= 15 is 0 Å². The highest BCUT2D eigenvalue weighted by molar-refractivity contribution is 7.10. The van der Waals surface area contributed by atoms with Crippen molar-refractivity contribution in [2.75, 3.05) is 13.1 Å². The second-order valence-electron chi connectivity index (χ2n) is 4.17. The van der Waals surface area contributed by atoms with Crippen molar-refractivity contribution in [1.29, 1.82) is 0 Å². The van der Waals surface area contributed by atoms with Gasteiger partial charge in [0.2, 0.25) is 5.91 Å². The topological polar surface area (TPSA) is 104 Å². The second-order valence-corrected chi connectivity index (χ2v) is 5.20. The lowest BCUT2D eigenvalue weighted by atomic mass is 10.3. The number of aromatic amines is 1. The van der Waals surface area contributed by atoms with E-state index in [0.717, 1.165) is 4.88 Å². The van der Waals surface area contributed by atoms with Gasteiger partial charge in [-0.05, 0) is 17.5 Å². The number of amides is 2. The summed E-state index contributed by atoms with van der Waals surface area (Å²) in [6.07, 6.45) is 0.340. The van der Waals surface area contributed by atoms with Gasteiger partial charge in [-0.1, -0.05) is 6.07 Å². The van der Waals surface area contributed by atoms with E-state index in [1.165, 1.54) is 23.5 Å². The summed E-state index contributed by atoms with van der Waals surface area (Å²) in [5.74, 6) is -0.493. The Kier molecular flexibility index (Phi) is 5.22. The van der Waals surface area contributed by atoms with E-state index < -0.39 is 5.91 Å². The number of H-pyrrole nitrogens is 1. The molecule has 110 valence electrons. The Labute approximate surface area is 124 Å². The number of hydrogen-bond donors (Lipinski definition) is 3. The summed E-state index contributed by atoms with van der Waals surface area (Å²) in [5, 5.41) is 13.0. The Hall–Kier alpha value is -2.48. The lowest BCUT2D eigenvalue weighted by molar-refractivity contribution is -0.120. The van der Waals surface area contributed by atoms with E-state index in [4.69, 9.17) is 0 Å². The summed E-state index contributed by atoms with van der Waals surface area (Å²) in [5.41, 5.74) is -0.244. The molecular formula is C13H14N4O3S. The molecule has 0 aromatic carbocycles. The van der Waals surface area contributed by atoms with Gasteiger partial charge >= 0.3 is 0 Å². The van der Waals surface area contributed by atoms with Crippen LogP contribution in [0, 0.1) is 0 Å². The quantitative estimate of drug-likeness (QED) is 0.649. The number of rotatable bonds is 6. The number of carbonyl (C=O) groups is 2. The monoisotopic (exact) mass is 306 g/mol. The predicted molar refractivity (Wildman–Crippen MR) is 78.2 cm³/mol. The average molecular weight is 306 g/mol. The van der Waals surface area contributed by atoms with Gasteiger partial charge in [0.05, 0.1) is 6.42 Å². The Morgan fingerprint density at radius 3 is 2.67 bits per heavy atom. The normalized spacial score (nSPS) is 10.1. The molecule has 2 rings (SSSR count). The summed E-state index contributed by atoms with van der Waals surface area (Å²) in [6, 6.07) is 6.35. The first-order valence-electron chi connectivity index (χ1n) is 6.28. The van der Waals surface area contributed by atoms with Gasteiger partial charge in [0.25, 0.3) is 11.5 Å². The van der Waals surface area contributed by atoms with Gasteiger partial charge in [-0.2, -0.15) is 5.10 Å². The van der Waals surface area contributed by atoms with E-state index in [-0.39, 0.29) is 23.7 Å². The molecule has 0 bridgehead atoms. The van der Waals surface area contributed by atoms with E-state index in [1.807, 2.05) is 17.5 Å². The molecule has 21 heavy (non-hydrogen) atoms. The molecule has 2 heterocycles. The lowest BCUT2D eigenvalue weighted by Gasteiger charge is -2.06. The van der Waals surface area contributed by atoms with E-state index in [2.05, 4.69) is 20.8 Å². The maximum absolute atomic E-state index is 11.7. The van der Waals surface area contributed by atoms with Crippen LogP contribution in [0.15, 0.2) is 34.4 Å². The highest BCUT2D eigenvalue weighted by Crippen LogP contribution is 2.08. The molecule has 2 aromatic heterocycles. The van der Waals surface area contributed by atoms with Crippen LogP contribution in [0.4, 0.5) is 0 Å². The fourth-order valence-electron chi connectivity index (χ4n) is 1.57. The van der Waals surface area contributed by atoms with E-state index in [0.29, 0.717) is 13.0 Å². The molecule has 0 radical (unpaired) electrons. The minimum absolute atomic E-state index is 0.0890. The van der Waals surface area contributed by atoms with Crippen LogP contribution < -0.4 is 16.2 Å². The molecule has 2 aromatic rings. The standard InChI is InChI=1S/C13H14N4O3S/c18-11-4-3-10(16-17-11)13(20)15-6-5-14-12(19)8-9-2-1-7-21-9/h1-4,7H,5-6,8H2,(H,14,19)(H,15,20)(H,17,18). The lowest BCUT2D eigenvalue weighted by Crippen LogP contribution is -2.35. The van der Waals surface area contributed by atoms with Crippen molar-refractivity contribution in [2.24, 2.45) is 0 Å². The van der Waals surface area contributed by atoms with Crippen molar-refractivity contribution < 1.29 is 9.59 Å². The van der Waals surface area contributed by atoms with Gasteiger partial charge in [-0.25, -0.2) is 5.10 Å².